The van der Waals surface area contributed by atoms with Gasteiger partial charge in [-0.25, -0.2) is 0 Å². The Morgan fingerprint density at radius 3 is 2.42 bits per heavy atom. The van der Waals surface area contributed by atoms with Gasteiger partial charge < -0.3 is 15.4 Å². The number of nitrogens with zero attached hydrogens (tertiary/aromatic N) is 2. The van der Waals surface area contributed by atoms with E-state index in [9.17, 15) is 4.79 Å². The number of ether oxygens (including phenoxy) is 1. The fourth-order valence-corrected chi connectivity index (χ4v) is 4.06. The van der Waals surface area contributed by atoms with Gasteiger partial charge in [0.05, 0.1) is 30.9 Å². The lowest BCUT2D eigenvalue weighted by atomic mass is 10.0. The fraction of sp³-hybridized carbons (Fsp3) is 0.467. The Morgan fingerprint density at radius 2 is 1.81 bits per heavy atom. The molecule has 2 aromatic carbocycles. The number of unbranched alkanes of at least 4 members (excludes halogenated alkanes) is 2. The Labute approximate surface area is 220 Å². The van der Waals surface area contributed by atoms with Crippen molar-refractivity contribution in [3.8, 4) is 5.75 Å². The zero-order valence-corrected chi connectivity index (χ0v) is 23.4. The molecule has 0 saturated carbocycles. The van der Waals surface area contributed by atoms with Crippen LogP contribution in [-0.4, -0.2) is 38.5 Å². The Balaban J connectivity index is 0.00000247. The van der Waals surface area contributed by atoms with Gasteiger partial charge in [0.15, 0.2) is 0 Å². The first-order valence-corrected chi connectivity index (χ1v) is 13.2. The molecule has 1 aliphatic rings. The number of carbonyl (C=O) groups excluding carboxylic acids is 1. The minimum Gasteiger partial charge on any atom is -0.497 e. The zero-order valence-electron chi connectivity index (χ0n) is 23.4. The number of hydrogen-bond acceptors (Lipinski definition) is 4. The van der Waals surface area contributed by atoms with Crippen LogP contribution in [0, 0.1) is 0 Å². The summed E-state index contributed by atoms with van der Waals surface area (Å²) in [6.07, 6.45) is 4.42. The average Bonchev–Trinajstić information content (AvgIpc) is 2.92. The van der Waals surface area contributed by atoms with E-state index in [0.29, 0.717) is 13.0 Å². The molecule has 0 spiro atoms. The number of benzene rings is 2. The van der Waals surface area contributed by atoms with E-state index in [2.05, 4.69) is 27.1 Å². The summed E-state index contributed by atoms with van der Waals surface area (Å²) < 4.78 is 5.40. The number of rotatable bonds is 10. The molecule has 0 aromatic heterocycles. The predicted octanol–water partition coefficient (Wildman–Crippen LogP) is 7.08. The van der Waals surface area contributed by atoms with Gasteiger partial charge in [-0.3, -0.25) is 14.7 Å². The predicted molar refractivity (Wildman–Crippen MR) is 157 cm³/mol. The van der Waals surface area contributed by atoms with Gasteiger partial charge in [0.1, 0.15) is 11.6 Å². The number of fused-ring (bicyclic) bond motifs is 1. The van der Waals surface area contributed by atoms with Crippen LogP contribution in [0.2, 0.25) is 0 Å². The molecule has 1 aliphatic heterocycles. The van der Waals surface area contributed by atoms with Crippen molar-refractivity contribution >= 4 is 23.1 Å². The number of carbonyl (C=O) groups is 1. The molecule has 6 heteroatoms. The van der Waals surface area contributed by atoms with Crippen LogP contribution in [0.4, 0.5) is 11.4 Å². The number of anilines is 2. The van der Waals surface area contributed by atoms with Gasteiger partial charge >= 0.3 is 0 Å². The molecular weight excluding hydrogens is 448 g/mol. The third-order valence-corrected chi connectivity index (χ3v) is 5.63. The van der Waals surface area contributed by atoms with Crippen LogP contribution in [0.3, 0.4) is 0 Å². The van der Waals surface area contributed by atoms with Crippen molar-refractivity contribution in [1.82, 2.24) is 5.32 Å². The van der Waals surface area contributed by atoms with Crippen molar-refractivity contribution in [3.05, 3.63) is 66.4 Å². The summed E-state index contributed by atoms with van der Waals surface area (Å²) in [6, 6.07) is 15.9. The lowest BCUT2D eigenvalue weighted by Crippen LogP contribution is -2.46. The summed E-state index contributed by atoms with van der Waals surface area (Å²) in [5.41, 5.74) is 4.04. The molecule has 0 bridgehead atoms. The molecular formula is C30H48N4O2. The molecule has 6 nitrogen and oxygen atoms in total. The minimum absolute atomic E-state index is 0. The second kappa shape index (κ2) is 17.2. The monoisotopic (exact) mass is 496 g/mol. The van der Waals surface area contributed by atoms with Gasteiger partial charge in [-0.15, -0.1) is 0 Å². The largest absolute Gasteiger partial charge is 0.497 e. The first-order valence-electron chi connectivity index (χ1n) is 13.2. The third kappa shape index (κ3) is 9.06. The topological polar surface area (TPSA) is 66.0 Å². The molecule has 0 radical (unpaired) electrons. The van der Waals surface area contributed by atoms with Crippen LogP contribution in [0.25, 0.3) is 0 Å². The van der Waals surface area contributed by atoms with Crippen LogP contribution >= 0.6 is 0 Å². The van der Waals surface area contributed by atoms with Crippen LogP contribution in [0.1, 0.15) is 67.3 Å². The maximum absolute atomic E-state index is 12.1. The van der Waals surface area contributed by atoms with Crippen LogP contribution in [0.15, 0.2) is 65.8 Å². The second-order valence-electron chi connectivity index (χ2n) is 8.09. The van der Waals surface area contributed by atoms with Gasteiger partial charge in [-0.2, -0.15) is 0 Å². The average molecular weight is 497 g/mol. The van der Waals surface area contributed by atoms with Crippen LogP contribution in [0.5, 0.6) is 5.75 Å². The van der Waals surface area contributed by atoms with Crippen molar-refractivity contribution in [2.45, 2.75) is 72.8 Å². The zero-order chi connectivity index (χ0) is 26.9. The van der Waals surface area contributed by atoms with Gasteiger partial charge in [-0.1, -0.05) is 77.4 Å². The van der Waals surface area contributed by atoms with E-state index in [-0.39, 0.29) is 13.4 Å². The molecule has 1 atom stereocenters. The SMILES string of the molecule is C=C(C)N1C(=NC)C(CCCCCNC(=O)Cc2ccccc2)Nc2cc(OC)ccc21.CC.CC.[HH]. The van der Waals surface area contributed by atoms with Crippen LogP contribution in [-0.2, 0) is 11.2 Å². The van der Waals surface area contributed by atoms with E-state index < -0.39 is 0 Å². The first-order chi connectivity index (χ1) is 17.5. The summed E-state index contributed by atoms with van der Waals surface area (Å²) >= 11 is 0. The van der Waals surface area contributed by atoms with Crippen molar-refractivity contribution in [3.63, 3.8) is 0 Å². The second-order valence-corrected chi connectivity index (χ2v) is 8.09. The Bertz CT molecular complexity index is 963. The summed E-state index contributed by atoms with van der Waals surface area (Å²) in [7, 11) is 3.51. The summed E-state index contributed by atoms with van der Waals surface area (Å²) in [5.74, 6) is 1.87. The molecule has 1 heterocycles. The molecule has 200 valence electrons. The molecule has 3 rings (SSSR count). The molecule has 1 amide bonds. The highest BCUT2D eigenvalue weighted by molar-refractivity contribution is 6.10. The van der Waals surface area contributed by atoms with Crippen molar-refractivity contribution in [1.29, 1.82) is 0 Å². The lowest BCUT2D eigenvalue weighted by molar-refractivity contribution is -0.120. The fourth-order valence-electron chi connectivity index (χ4n) is 4.06. The normalized spacial score (nSPS) is 14.8. The Morgan fingerprint density at radius 1 is 1.11 bits per heavy atom. The number of amidine groups is 1. The van der Waals surface area contributed by atoms with E-state index in [4.69, 9.17) is 4.74 Å². The standard InChI is InChI=1S/C26H34N4O2.2C2H6.H2/c1-19(2)30-24-15-14-21(32-4)18-23(24)29-22(26(30)27-3)13-9-6-10-16-28-25(31)17-20-11-7-5-8-12-20;2*1-2;/h5,7-8,11-12,14-15,18,22,29H,1,6,9-10,13,16-17H2,2-4H3,(H,28,31);2*1-2H3;1H. The first kappa shape index (κ1) is 30.8. The summed E-state index contributed by atoms with van der Waals surface area (Å²) in [4.78, 5) is 18.8. The number of allylic oxidation sites excluding steroid dienone is 1. The van der Waals surface area contributed by atoms with Gasteiger partial charge in [0, 0.05) is 26.8 Å². The van der Waals surface area contributed by atoms with E-state index in [1.165, 1.54) is 0 Å². The Kier molecular flexibility index (Phi) is 14.7. The smallest absolute Gasteiger partial charge is 0.224 e. The highest BCUT2D eigenvalue weighted by atomic mass is 16.5. The highest BCUT2D eigenvalue weighted by Gasteiger charge is 2.30. The number of nitrogens with one attached hydrogen (secondary N) is 2. The molecule has 0 aliphatic carbocycles. The van der Waals surface area contributed by atoms with E-state index >= 15 is 0 Å². The van der Waals surface area contributed by atoms with Crippen molar-refractivity contribution in [2.75, 3.05) is 30.9 Å². The minimum atomic E-state index is 0. The summed E-state index contributed by atoms with van der Waals surface area (Å²) in [5, 5.41) is 6.66. The number of aliphatic imine (C=N–C) groups is 1. The molecule has 36 heavy (non-hydrogen) atoms. The molecule has 1 unspecified atom stereocenters. The highest BCUT2D eigenvalue weighted by Crippen LogP contribution is 2.37. The van der Waals surface area contributed by atoms with Crippen LogP contribution < -0.4 is 20.3 Å². The number of hydrogen-bond donors (Lipinski definition) is 2. The molecule has 0 fully saturated rings. The Hall–Kier alpha value is -3.28. The molecule has 2 N–H and O–H groups in total. The van der Waals surface area contributed by atoms with E-state index in [0.717, 1.165) is 59.9 Å². The van der Waals surface area contributed by atoms with Crippen molar-refractivity contribution < 1.29 is 11.0 Å². The number of methoxy groups -OCH3 is 1. The van der Waals surface area contributed by atoms with Gasteiger partial charge in [0.25, 0.3) is 0 Å². The van der Waals surface area contributed by atoms with E-state index in [1.807, 2.05) is 90.2 Å². The van der Waals surface area contributed by atoms with Crippen molar-refractivity contribution in [2.24, 2.45) is 4.99 Å². The molecule has 0 saturated heterocycles. The maximum atomic E-state index is 12.1. The maximum Gasteiger partial charge on any atom is 0.224 e. The molecule has 2 aromatic rings. The summed E-state index contributed by atoms with van der Waals surface area (Å²) in [6.45, 7) is 14.9. The number of amides is 1. The lowest BCUT2D eigenvalue weighted by Gasteiger charge is -2.38. The van der Waals surface area contributed by atoms with Gasteiger partial charge in [0.2, 0.25) is 5.91 Å². The quantitative estimate of drug-likeness (QED) is 0.345. The van der Waals surface area contributed by atoms with Gasteiger partial charge in [-0.05, 0) is 37.5 Å². The third-order valence-electron chi connectivity index (χ3n) is 5.63. The van der Waals surface area contributed by atoms with E-state index in [1.54, 1.807) is 7.11 Å².